The molecule has 0 saturated carbocycles. The third-order valence-electron chi connectivity index (χ3n) is 3.50. The Morgan fingerprint density at radius 1 is 1.35 bits per heavy atom. The molecule has 1 aromatic carbocycles. The van der Waals surface area contributed by atoms with Gasteiger partial charge in [-0.05, 0) is 31.5 Å². The van der Waals surface area contributed by atoms with E-state index in [9.17, 15) is 18.4 Å². The molecule has 126 valence electrons. The molecule has 1 fully saturated rings. The van der Waals surface area contributed by atoms with Crippen molar-refractivity contribution < 1.29 is 23.1 Å². The zero-order valence-electron chi connectivity index (χ0n) is 12.8. The minimum Gasteiger partial charge on any atom is -0.435 e. The summed E-state index contributed by atoms with van der Waals surface area (Å²) in [6.45, 7) is 0.652. The van der Waals surface area contributed by atoms with Gasteiger partial charge in [0.25, 0.3) is 0 Å². The van der Waals surface area contributed by atoms with E-state index in [2.05, 4.69) is 20.7 Å². The van der Waals surface area contributed by atoms with Crippen LogP contribution >= 0.6 is 0 Å². The fraction of sp³-hybridized carbons (Fsp3) is 0.467. The van der Waals surface area contributed by atoms with Crippen molar-refractivity contribution in [2.45, 2.75) is 45.1 Å². The average molecular weight is 327 g/mol. The van der Waals surface area contributed by atoms with Crippen molar-refractivity contribution in [3.05, 3.63) is 29.8 Å². The molecule has 0 aliphatic carbocycles. The second kappa shape index (κ2) is 7.36. The van der Waals surface area contributed by atoms with Crippen LogP contribution in [0.5, 0.6) is 5.75 Å². The highest BCUT2D eigenvalue weighted by Crippen LogP contribution is 2.19. The zero-order chi connectivity index (χ0) is 17.0. The highest BCUT2D eigenvalue weighted by atomic mass is 19.3. The monoisotopic (exact) mass is 327 g/mol. The fourth-order valence-corrected chi connectivity index (χ4v) is 2.39. The predicted molar refractivity (Wildman–Crippen MR) is 78.8 cm³/mol. The third kappa shape index (κ3) is 4.88. The summed E-state index contributed by atoms with van der Waals surface area (Å²) >= 11 is 0. The number of benzene rings is 1. The Hall–Kier alpha value is -2.22. The van der Waals surface area contributed by atoms with E-state index in [1.54, 1.807) is 26.0 Å². The number of amides is 2. The van der Waals surface area contributed by atoms with E-state index >= 15 is 0 Å². The van der Waals surface area contributed by atoms with Gasteiger partial charge in [0, 0.05) is 0 Å². The summed E-state index contributed by atoms with van der Waals surface area (Å²) in [4.78, 5) is 23.7. The van der Waals surface area contributed by atoms with Crippen molar-refractivity contribution >= 4 is 11.8 Å². The van der Waals surface area contributed by atoms with Crippen LogP contribution in [-0.4, -0.2) is 30.6 Å². The maximum Gasteiger partial charge on any atom is 0.387 e. The topological polar surface area (TPSA) is 79.5 Å². The minimum absolute atomic E-state index is 0.0571. The second-order valence-corrected chi connectivity index (χ2v) is 5.39. The lowest BCUT2D eigenvalue weighted by atomic mass is 10.1. The van der Waals surface area contributed by atoms with Gasteiger partial charge in [-0.2, -0.15) is 8.78 Å². The van der Waals surface area contributed by atoms with Crippen molar-refractivity contribution in [3.8, 4) is 5.75 Å². The number of alkyl halides is 2. The van der Waals surface area contributed by atoms with Gasteiger partial charge in [-0.15, -0.1) is 0 Å². The zero-order valence-corrected chi connectivity index (χ0v) is 12.8. The van der Waals surface area contributed by atoms with Crippen molar-refractivity contribution in [2.24, 2.45) is 0 Å². The van der Waals surface area contributed by atoms with Crippen LogP contribution in [-0.2, 0) is 9.59 Å². The highest BCUT2D eigenvalue weighted by Gasteiger charge is 2.29. The van der Waals surface area contributed by atoms with Crippen LogP contribution in [0.2, 0.25) is 0 Å². The molecule has 0 radical (unpaired) electrons. The number of carbonyl (C=O) groups is 2. The summed E-state index contributed by atoms with van der Waals surface area (Å²) < 4.78 is 28.5. The van der Waals surface area contributed by atoms with Crippen molar-refractivity contribution in [2.75, 3.05) is 0 Å². The molecular weight excluding hydrogens is 308 g/mol. The molecule has 6 nitrogen and oxygen atoms in total. The molecule has 0 spiro atoms. The van der Waals surface area contributed by atoms with E-state index in [4.69, 9.17) is 0 Å². The predicted octanol–water partition coefficient (Wildman–Crippen LogP) is 1.29. The van der Waals surface area contributed by atoms with Gasteiger partial charge < -0.3 is 15.4 Å². The molecule has 2 rings (SSSR count). The molecule has 1 aromatic rings. The van der Waals surface area contributed by atoms with Gasteiger partial charge >= 0.3 is 6.61 Å². The van der Waals surface area contributed by atoms with Crippen LogP contribution in [0.4, 0.5) is 8.78 Å². The average Bonchev–Trinajstić information content (AvgIpc) is 2.46. The Balaban J connectivity index is 1.94. The molecule has 23 heavy (non-hydrogen) atoms. The summed E-state index contributed by atoms with van der Waals surface area (Å²) in [5.41, 5.74) is 0.744. The molecule has 1 saturated heterocycles. The van der Waals surface area contributed by atoms with E-state index in [1.165, 1.54) is 12.1 Å². The quantitative estimate of drug-likeness (QED) is 0.761. The molecule has 1 heterocycles. The molecule has 8 heteroatoms. The van der Waals surface area contributed by atoms with Crippen LogP contribution in [0, 0.1) is 0 Å². The van der Waals surface area contributed by atoms with Crippen molar-refractivity contribution in [1.82, 2.24) is 16.0 Å². The number of halogens is 2. The van der Waals surface area contributed by atoms with Crippen LogP contribution in [0.3, 0.4) is 0 Å². The van der Waals surface area contributed by atoms with Gasteiger partial charge in [0.05, 0.1) is 24.7 Å². The maximum absolute atomic E-state index is 12.2. The Morgan fingerprint density at radius 2 is 2.00 bits per heavy atom. The summed E-state index contributed by atoms with van der Waals surface area (Å²) in [5.74, 6) is -0.411. The van der Waals surface area contributed by atoms with Crippen LogP contribution in [0.25, 0.3) is 0 Å². The largest absolute Gasteiger partial charge is 0.435 e. The van der Waals surface area contributed by atoms with Gasteiger partial charge in [0.1, 0.15) is 5.75 Å². The SMILES string of the molecule is CC1NC(=O)CC(C(=O)N[C@@H](C)c2ccc(OC(F)F)cc2)N1. The third-order valence-corrected chi connectivity index (χ3v) is 3.50. The lowest BCUT2D eigenvalue weighted by Gasteiger charge is -2.29. The van der Waals surface area contributed by atoms with Crippen molar-refractivity contribution in [1.29, 1.82) is 0 Å². The Bertz CT molecular complexity index is 566. The normalized spacial score (nSPS) is 22.4. The van der Waals surface area contributed by atoms with Crippen LogP contribution < -0.4 is 20.7 Å². The second-order valence-electron chi connectivity index (χ2n) is 5.39. The Kier molecular flexibility index (Phi) is 5.49. The Morgan fingerprint density at radius 3 is 2.57 bits per heavy atom. The summed E-state index contributed by atoms with van der Waals surface area (Å²) in [7, 11) is 0. The number of ether oxygens (including phenoxy) is 1. The standard InChI is InChI=1S/C15H19F2N3O3/c1-8(10-3-5-11(6-4-10)23-15(16)17)18-14(22)12-7-13(21)20-9(2)19-12/h3-6,8-9,12,15,19H,7H2,1-2H3,(H,18,22)(H,20,21)/t8-,9?,12?/m0/s1. The van der Waals surface area contributed by atoms with Gasteiger partial charge in [-0.1, -0.05) is 12.1 Å². The maximum atomic E-state index is 12.2. The van der Waals surface area contributed by atoms with Gasteiger partial charge in [0.15, 0.2) is 0 Å². The van der Waals surface area contributed by atoms with Crippen LogP contribution in [0.1, 0.15) is 31.9 Å². The lowest BCUT2D eigenvalue weighted by molar-refractivity contribution is -0.132. The first-order valence-corrected chi connectivity index (χ1v) is 7.25. The van der Waals surface area contributed by atoms with E-state index in [0.717, 1.165) is 5.56 Å². The summed E-state index contributed by atoms with van der Waals surface area (Å²) in [6, 6.07) is 5.11. The van der Waals surface area contributed by atoms with E-state index in [-0.39, 0.29) is 36.2 Å². The van der Waals surface area contributed by atoms with Crippen LogP contribution in [0.15, 0.2) is 24.3 Å². The number of rotatable bonds is 5. The molecule has 1 aliphatic heterocycles. The molecule has 3 atom stereocenters. The smallest absolute Gasteiger partial charge is 0.387 e. The molecule has 0 aromatic heterocycles. The first-order valence-electron chi connectivity index (χ1n) is 7.25. The summed E-state index contributed by atoms with van der Waals surface area (Å²) in [6.07, 6.45) is -0.197. The van der Waals surface area contributed by atoms with E-state index in [1.807, 2.05) is 0 Å². The van der Waals surface area contributed by atoms with Gasteiger partial charge in [-0.25, -0.2) is 0 Å². The van der Waals surface area contributed by atoms with E-state index in [0.29, 0.717) is 0 Å². The number of carbonyl (C=O) groups excluding carboxylic acids is 2. The molecule has 0 bridgehead atoms. The fourth-order valence-electron chi connectivity index (χ4n) is 2.39. The lowest BCUT2D eigenvalue weighted by Crippen LogP contribution is -2.59. The van der Waals surface area contributed by atoms with Gasteiger partial charge in [-0.3, -0.25) is 14.9 Å². The molecule has 1 aliphatic rings. The van der Waals surface area contributed by atoms with Crippen molar-refractivity contribution in [3.63, 3.8) is 0 Å². The molecule has 3 N–H and O–H groups in total. The first kappa shape index (κ1) is 17.1. The molecular formula is C15H19F2N3O3. The van der Waals surface area contributed by atoms with E-state index < -0.39 is 12.7 Å². The number of nitrogens with one attached hydrogen (secondary N) is 3. The molecule has 2 amide bonds. The Labute approximate surface area is 132 Å². The number of hydrogen-bond acceptors (Lipinski definition) is 4. The highest BCUT2D eigenvalue weighted by molar-refractivity contribution is 5.89. The van der Waals surface area contributed by atoms with Gasteiger partial charge in [0.2, 0.25) is 11.8 Å². The summed E-state index contributed by atoms with van der Waals surface area (Å²) in [5, 5.41) is 8.45. The number of hydrogen-bond donors (Lipinski definition) is 3. The minimum atomic E-state index is -2.87. The molecule has 2 unspecified atom stereocenters. The first-order chi connectivity index (χ1) is 10.8.